The largest absolute Gasteiger partial charge is 0.466 e. The van der Waals surface area contributed by atoms with Crippen LogP contribution in [0.4, 0.5) is 0 Å². The van der Waals surface area contributed by atoms with Crippen LogP contribution in [0.5, 0.6) is 0 Å². The maximum atomic E-state index is 11.2. The zero-order chi connectivity index (χ0) is 9.52. The number of rotatable bonds is 3. The molecule has 1 N–H and O–H groups in total. The summed E-state index contributed by atoms with van der Waals surface area (Å²) < 4.78 is 4.91. The van der Waals surface area contributed by atoms with Gasteiger partial charge in [0.2, 0.25) is 0 Å². The van der Waals surface area contributed by atoms with Crippen molar-refractivity contribution in [2.24, 2.45) is 0 Å². The molecule has 0 amide bonds. The number of hydrogen-bond donors (Lipinski definition) is 1. The molecular weight excluding hydrogens is 185 g/mol. The van der Waals surface area contributed by atoms with Crippen LogP contribution >= 0.6 is 8.73 Å². The predicted octanol–water partition coefficient (Wildman–Crippen LogP) is 1.68. The Morgan fingerprint density at radius 2 is 2.46 bits per heavy atom. The van der Waals surface area contributed by atoms with E-state index in [0.29, 0.717) is 19.1 Å². The maximum Gasteiger partial charge on any atom is 0.307 e. The van der Waals surface area contributed by atoms with Crippen LogP contribution in [-0.4, -0.2) is 24.8 Å². The van der Waals surface area contributed by atoms with Gasteiger partial charge in [0.15, 0.2) is 0 Å². The van der Waals surface area contributed by atoms with Crippen LogP contribution in [0.15, 0.2) is 0 Å². The molecule has 0 aliphatic carbocycles. The molecule has 0 spiro atoms. The van der Waals surface area contributed by atoms with Crippen LogP contribution in [0.3, 0.4) is 0 Å². The summed E-state index contributed by atoms with van der Waals surface area (Å²) in [7, 11) is 0.819. The van der Waals surface area contributed by atoms with Crippen LogP contribution < -0.4 is 5.09 Å². The van der Waals surface area contributed by atoms with E-state index in [4.69, 9.17) is 4.74 Å². The van der Waals surface area contributed by atoms with Crippen molar-refractivity contribution in [2.45, 2.75) is 38.6 Å². The van der Waals surface area contributed by atoms with E-state index >= 15 is 0 Å². The van der Waals surface area contributed by atoms with Gasteiger partial charge < -0.3 is 4.74 Å². The maximum absolute atomic E-state index is 11.2. The fourth-order valence-corrected chi connectivity index (χ4v) is 2.57. The predicted molar refractivity (Wildman–Crippen MR) is 55.2 cm³/mol. The van der Waals surface area contributed by atoms with E-state index in [1.807, 2.05) is 6.92 Å². The van der Waals surface area contributed by atoms with Gasteiger partial charge in [-0.1, -0.05) is 15.2 Å². The van der Waals surface area contributed by atoms with Crippen molar-refractivity contribution in [2.75, 3.05) is 12.8 Å². The lowest BCUT2D eigenvalue weighted by Gasteiger charge is -2.13. The molecule has 0 aromatic carbocycles. The summed E-state index contributed by atoms with van der Waals surface area (Å²) in [4.78, 5) is 11.2. The Bertz CT molecular complexity index is 156. The minimum absolute atomic E-state index is 0.0632. The van der Waals surface area contributed by atoms with Crippen molar-refractivity contribution in [3.63, 3.8) is 0 Å². The van der Waals surface area contributed by atoms with E-state index in [-0.39, 0.29) is 5.97 Å². The second-order valence-electron chi connectivity index (χ2n) is 3.27. The van der Waals surface area contributed by atoms with Crippen LogP contribution in [0, 0.1) is 0 Å². The van der Waals surface area contributed by atoms with Crippen LogP contribution in [0.2, 0.25) is 0 Å². The lowest BCUT2D eigenvalue weighted by molar-refractivity contribution is -0.143. The fraction of sp³-hybridized carbons (Fsp3) is 0.889. The van der Waals surface area contributed by atoms with E-state index in [1.54, 1.807) is 0 Å². The van der Waals surface area contributed by atoms with Crippen LogP contribution in [0.25, 0.3) is 0 Å². The molecular formula is C9H18NO2P. The molecule has 3 nitrogen and oxygen atoms in total. The first-order chi connectivity index (χ1) is 6.33. The Labute approximate surface area is 81.4 Å². The number of carbonyl (C=O) groups excluding carboxylic acids is 1. The average molecular weight is 203 g/mol. The molecule has 0 aromatic rings. The number of ether oxygens (including phenoxy) is 1. The van der Waals surface area contributed by atoms with Gasteiger partial charge in [-0.3, -0.25) is 9.88 Å². The summed E-state index contributed by atoms with van der Waals surface area (Å²) in [6, 6.07) is 0.361. The topological polar surface area (TPSA) is 38.3 Å². The van der Waals surface area contributed by atoms with Crippen molar-refractivity contribution in [3.8, 4) is 0 Å². The van der Waals surface area contributed by atoms with E-state index < -0.39 is 0 Å². The molecule has 0 aromatic heterocycles. The molecule has 0 radical (unpaired) electrons. The first-order valence-corrected chi connectivity index (χ1v) is 6.17. The summed E-state index contributed by atoms with van der Waals surface area (Å²) in [6.45, 7) is 2.34. The zero-order valence-electron chi connectivity index (χ0n) is 8.14. The molecule has 2 unspecified atom stereocenters. The SMILES string of the molecule is CCOC(=O)CC1CCCCPN1. The van der Waals surface area contributed by atoms with Crippen molar-refractivity contribution in [1.29, 1.82) is 0 Å². The second-order valence-corrected chi connectivity index (χ2v) is 4.42. The Morgan fingerprint density at radius 1 is 1.62 bits per heavy atom. The molecule has 1 saturated heterocycles. The monoisotopic (exact) mass is 203 g/mol. The highest BCUT2D eigenvalue weighted by Gasteiger charge is 2.15. The molecule has 0 bridgehead atoms. The summed E-state index contributed by atoms with van der Waals surface area (Å²) in [6.07, 6.45) is 5.46. The van der Waals surface area contributed by atoms with E-state index in [1.165, 1.54) is 19.0 Å². The highest BCUT2D eigenvalue weighted by molar-refractivity contribution is 7.35. The number of nitrogens with one attached hydrogen (secondary N) is 1. The highest BCUT2D eigenvalue weighted by Crippen LogP contribution is 2.19. The molecule has 1 aliphatic rings. The van der Waals surface area contributed by atoms with Gasteiger partial charge >= 0.3 is 5.97 Å². The quantitative estimate of drug-likeness (QED) is 0.560. The molecule has 13 heavy (non-hydrogen) atoms. The Hall–Kier alpha value is -0.140. The zero-order valence-corrected chi connectivity index (χ0v) is 9.14. The van der Waals surface area contributed by atoms with Gasteiger partial charge in [-0.05, 0) is 25.9 Å². The number of carbonyl (C=O) groups is 1. The van der Waals surface area contributed by atoms with Gasteiger partial charge in [0.05, 0.1) is 13.0 Å². The van der Waals surface area contributed by atoms with Crippen molar-refractivity contribution < 1.29 is 9.53 Å². The molecule has 1 fully saturated rings. The molecule has 1 rings (SSSR count). The number of esters is 1. The van der Waals surface area contributed by atoms with Crippen molar-refractivity contribution in [3.05, 3.63) is 0 Å². The minimum Gasteiger partial charge on any atom is -0.466 e. The average Bonchev–Trinajstić information content (AvgIpc) is 2.33. The number of hydrogen-bond acceptors (Lipinski definition) is 3. The standard InChI is InChI=1S/C9H18NO2P/c1-2-12-9(11)7-8-5-3-4-6-13-10-8/h8,10,13H,2-7H2,1H3. The second kappa shape index (κ2) is 6.33. The molecule has 1 aliphatic heterocycles. The summed E-state index contributed by atoms with van der Waals surface area (Å²) in [5.74, 6) is -0.0632. The molecule has 76 valence electrons. The van der Waals surface area contributed by atoms with E-state index in [9.17, 15) is 4.79 Å². The summed E-state index contributed by atoms with van der Waals surface area (Å²) in [5, 5.41) is 3.40. The van der Waals surface area contributed by atoms with E-state index in [0.717, 1.165) is 15.2 Å². The minimum atomic E-state index is -0.0632. The molecule has 2 atom stereocenters. The molecule has 4 heteroatoms. The Balaban J connectivity index is 2.21. The molecule has 0 saturated carbocycles. The first-order valence-electron chi connectivity index (χ1n) is 4.97. The van der Waals surface area contributed by atoms with Crippen LogP contribution in [0.1, 0.15) is 32.6 Å². The van der Waals surface area contributed by atoms with Gasteiger partial charge in [-0.25, -0.2) is 0 Å². The van der Waals surface area contributed by atoms with Gasteiger partial charge in [0, 0.05) is 6.04 Å². The third kappa shape index (κ3) is 4.58. The fourth-order valence-electron chi connectivity index (χ4n) is 1.47. The van der Waals surface area contributed by atoms with Gasteiger partial charge in [-0.2, -0.15) is 0 Å². The highest BCUT2D eigenvalue weighted by atomic mass is 31.1. The lowest BCUT2D eigenvalue weighted by Crippen LogP contribution is -2.25. The summed E-state index contributed by atoms with van der Waals surface area (Å²) >= 11 is 0. The van der Waals surface area contributed by atoms with Crippen LogP contribution in [-0.2, 0) is 9.53 Å². The third-order valence-electron chi connectivity index (χ3n) is 2.13. The van der Waals surface area contributed by atoms with Gasteiger partial charge in [0.1, 0.15) is 0 Å². The Kier molecular flexibility index (Phi) is 5.33. The van der Waals surface area contributed by atoms with Crippen molar-refractivity contribution in [1.82, 2.24) is 5.09 Å². The third-order valence-corrected chi connectivity index (χ3v) is 3.34. The first kappa shape index (κ1) is 10.9. The Morgan fingerprint density at radius 3 is 3.23 bits per heavy atom. The molecule has 1 heterocycles. The smallest absolute Gasteiger partial charge is 0.307 e. The normalized spacial score (nSPS) is 25.5. The van der Waals surface area contributed by atoms with E-state index in [2.05, 4.69) is 5.09 Å². The summed E-state index contributed by atoms with van der Waals surface area (Å²) in [5.41, 5.74) is 0. The van der Waals surface area contributed by atoms with Gasteiger partial charge in [0.25, 0.3) is 0 Å². The van der Waals surface area contributed by atoms with Gasteiger partial charge in [-0.15, -0.1) is 0 Å². The lowest BCUT2D eigenvalue weighted by atomic mass is 10.1. The van der Waals surface area contributed by atoms with Crippen molar-refractivity contribution >= 4 is 14.7 Å².